The molecule has 1 fully saturated rings. The average molecular weight is 506 g/mol. The molecule has 31 heavy (non-hydrogen) atoms. The van der Waals surface area contributed by atoms with Gasteiger partial charge in [0.2, 0.25) is 17.7 Å². The molecule has 2 aromatic carbocycles. The Kier molecular flexibility index (Phi) is 8.51. The molecule has 1 saturated heterocycles. The molecule has 3 N–H and O–H groups in total. The zero-order valence-electron chi connectivity index (χ0n) is 16.8. The van der Waals surface area contributed by atoms with Gasteiger partial charge in [-0.15, -0.1) is 11.8 Å². The van der Waals surface area contributed by atoms with E-state index in [0.29, 0.717) is 42.8 Å². The number of hydrogen-bond donors (Lipinski definition) is 3. The molecule has 9 heteroatoms. The van der Waals surface area contributed by atoms with Crippen LogP contribution in [0.5, 0.6) is 0 Å². The van der Waals surface area contributed by atoms with E-state index in [1.807, 2.05) is 42.5 Å². The first-order valence-electron chi connectivity index (χ1n) is 10.0. The average Bonchev–Trinajstić information content (AvgIpc) is 3.15. The lowest BCUT2D eigenvalue weighted by Gasteiger charge is -2.26. The molecule has 0 aromatic heterocycles. The van der Waals surface area contributed by atoms with Crippen LogP contribution in [-0.4, -0.2) is 28.7 Å². The molecule has 0 aliphatic carbocycles. The summed E-state index contributed by atoms with van der Waals surface area (Å²) < 4.78 is 0.947. The number of amides is 3. The first-order chi connectivity index (χ1) is 15.0. The molecule has 7 nitrogen and oxygen atoms in total. The van der Waals surface area contributed by atoms with Gasteiger partial charge in [0.1, 0.15) is 5.37 Å². The van der Waals surface area contributed by atoms with Gasteiger partial charge in [0.25, 0.3) is 0 Å². The summed E-state index contributed by atoms with van der Waals surface area (Å²) in [6, 6.07) is 15.2. The molecule has 1 aliphatic rings. The topological polar surface area (TPSA) is 98.7 Å². The van der Waals surface area contributed by atoms with Crippen molar-refractivity contribution in [2.75, 3.05) is 16.0 Å². The molecule has 0 saturated carbocycles. The highest BCUT2D eigenvalue weighted by molar-refractivity contribution is 9.10. The molecule has 164 valence electrons. The van der Waals surface area contributed by atoms with Gasteiger partial charge < -0.3 is 5.32 Å². The van der Waals surface area contributed by atoms with Crippen molar-refractivity contribution in [1.82, 2.24) is 5.48 Å². The lowest BCUT2D eigenvalue weighted by Crippen LogP contribution is -2.29. The normalized spacial score (nSPS) is 15.7. The van der Waals surface area contributed by atoms with Crippen LogP contribution < -0.4 is 15.7 Å². The summed E-state index contributed by atoms with van der Waals surface area (Å²) in [4.78, 5) is 38.0. The van der Waals surface area contributed by atoms with E-state index >= 15 is 0 Å². The van der Waals surface area contributed by atoms with Crippen molar-refractivity contribution < 1.29 is 19.6 Å². The monoisotopic (exact) mass is 505 g/mol. The van der Waals surface area contributed by atoms with Gasteiger partial charge in [-0.05, 0) is 42.7 Å². The highest BCUT2D eigenvalue weighted by Crippen LogP contribution is 2.44. The predicted octanol–water partition coefficient (Wildman–Crippen LogP) is 4.62. The number of thioether (sulfide) groups is 1. The van der Waals surface area contributed by atoms with E-state index in [1.54, 1.807) is 28.2 Å². The molecule has 1 atom stereocenters. The van der Waals surface area contributed by atoms with Gasteiger partial charge in [0.05, 0.1) is 17.1 Å². The molecule has 1 unspecified atom stereocenters. The molecule has 1 heterocycles. The zero-order valence-corrected chi connectivity index (χ0v) is 19.2. The third-order valence-electron chi connectivity index (χ3n) is 4.87. The highest BCUT2D eigenvalue weighted by atomic mass is 79.9. The van der Waals surface area contributed by atoms with Crippen LogP contribution in [-0.2, 0) is 14.4 Å². The molecule has 3 rings (SSSR count). The fourth-order valence-corrected chi connectivity index (χ4v) is 4.97. The van der Waals surface area contributed by atoms with E-state index in [-0.39, 0.29) is 23.6 Å². The van der Waals surface area contributed by atoms with Crippen LogP contribution in [0.25, 0.3) is 0 Å². The van der Waals surface area contributed by atoms with E-state index in [9.17, 15) is 14.4 Å². The van der Waals surface area contributed by atoms with Crippen molar-refractivity contribution in [3.05, 3.63) is 58.6 Å². The van der Waals surface area contributed by atoms with E-state index in [4.69, 9.17) is 5.21 Å². The Morgan fingerprint density at radius 2 is 1.81 bits per heavy atom. The number of benzene rings is 2. The summed E-state index contributed by atoms with van der Waals surface area (Å²) in [5.74, 6) is -0.191. The number of unbranched alkanes of at least 4 members (excludes halogenated alkanes) is 2. The molecular weight excluding hydrogens is 482 g/mol. The predicted molar refractivity (Wildman–Crippen MR) is 125 cm³/mol. The minimum absolute atomic E-state index is 0.00108. The number of hydrogen-bond acceptors (Lipinski definition) is 5. The minimum atomic E-state index is -0.425. The molecule has 3 amide bonds. The van der Waals surface area contributed by atoms with Gasteiger partial charge in [-0.1, -0.05) is 46.6 Å². The van der Waals surface area contributed by atoms with Gasteiger partial charge >= 0.3 is 0 Å². The van der Waals surface area contributed by atoms with Crippen LogP contribution in [0.1, 0.15) is 43.0 Å². The fraction of sp³-hybridized carbons (Fsp3) is 0.318. The Hall–Kier alpha value is -2.36. The maximum Gasteiger partial charge on any atom is 0.243 e. The SMILES string of the molecule is O=C(CCCCCC(=O)Nc1ccccc1N1C(=O)CSC1c1cccc(Br)c1)NO. The van der Waals surface area contributed by atoms with Crippen LogP contribution in [0.2, 0.25) is 0 Å². The van der Waals surface area contributed by atoms with Crippen LogP contribution in [0.3, 0.4) is 0 Å². The quantitative estimate of drug-likeness (QED) is 0.262. The number of anilines is 2. The van der Waals surface area contributed by atoms with Crippen molar-refractivity contribution in [2.45, 2.75) is 37.5 Å². The van der Waals surface area contributed by atoms with Gasteiger partial charge in [-0.3, -0.25) is 24.5 Å². The highest BCUT2D eigenvalue weighted by Gasteiger charge is 2.35. The number of carbonyl (C=O) groups excluding carboxylic acids is 3. The molecular formula is C22H24BrN3O4S. The Bertz CT molecular complexity index is 956. The summed E-state index contributed by atoms with van der Waals surface area (Å²) in [7, 11) is 0. The summed E-state index contributed by atoms with van der Waals surface area (Å²) in [5.41, 5.74) is 3.89. The molecule has 0 radical (unpaired) electrons. The van der Waals surface area contributed by atoms with E-state index in [2.05, 4.69) is 21.2 Å². The second kappa shape index (κ2) is 11.3. The van der Waals surface area contributed by atoms with Crippen molar-refractivity contribution in [1.29, 1.82) is 0 Å². The van der Waals surface area contributed by atoms with Crippen molar-refractivity contribution in [3.63, 3.8) is 0 Å². The lowest BCUT2D eigenvalue weighted by molar-refractivity contribution is -0.129. The number of nitrogens with zero attached hydrogens (tertiary/aromatic N) is 1. The van der Waals surface area contributed by atoms with Crippen molar-refractivity contribution in [2.24, 2.45) is 0 Å². The molecule has 0 bridgehead atoms. The molecule has 0 spiro atoms. The Morgan fingerprint density at radius 1 is 1.06 bits per heavy atom. The Morgan fingerprint density at radius 3 is 2.55 bits per heavy atom. The summed E-state index contributed by atoms with van der Waals surface area (Å²) >= 11 is 5.05. The number of halogens is 1. The first-order valence-corrected chi connectivity index (χ1v) is 11.8. The number of para-hydroxylation sites is 2. The van der Waals surface area contributed by atoms with E-state index in [0.717, 1.165) is 10.0 Å². The third-order valence-corrected chi connectivity index (χ3v) is 6.58. The second-order valence-electron chi connectivity index (χ2n) is 7.14. The largest absolute Gasteiger partial charge is 0.324 e. The summed E-state index contributed by atoms with van der Waals surface area (Å²) in [5, 5.41) is 11.3. The van der Waals surface area contributed by atoms with E-state index < -0.39 is 5.91 Å². The maximum atomic E-state index is 12.7. The number of hydroxylamine groups is 1. The molecule has 2 aromatic rings. The second-order valence-corrected chi connectivity index (χ2v) is 9.13. The number of carbonyl (C=O) groups is 3. The standard InChI is InChI=1S/C22H24BrN3O4S/c23-16-8-6-7-15(13-16)22-26(21(29)14-31-22)18-10-5-4-9-17(18)24-19(27)11-2-1-3-12-20(28)25-30/h4-10,13,22,30H,1-3,11-12,14H2,(H,24,27)(H,25,28). The van der Waals surface area contributed by atoms with Crippen molar-refractivity contribution >= 4 is 56.8 Å². The first kappa shape index (κ1) is 23.3. The van der Waals surface area contributed by atoms with Gasteiger partial charge in [0.15, 0.2) is 0 Å². The van der Waals surface area contributed by atoms with E-state index in [1.165, 1.54) is 0 Å². The maximum absolute atomic E-state index is 12.7. The minimum Gasteiger partial charge on any atom is -0.324 e. The van der Waals surface area contributed by atoms with Crippen LogP contribution >= 0.6 is 27.7 Å². The summed E-state index contributed by atoms with van der Waals surface area (Å²) in [6.07, 6.45) is 2.48. The number of rotatable bonds is 9. The van der Waals surface area contributed by atoms with Crippen molar-refractivity contribution in [3.8, 4) is 0 Å². The van der Waals surface area contributed by atoms with Crippen LogP contribution in [0.4, 0.5) is 11.4 Å². The smallest absolute Gasteiger partial charge is 0.243 e. The zero-order chi connectivity index (χ0) is 22.2. The number of nitrogens with one attached hydrogen (secondary N) is 2. The van der Waals surface area contributed by atoms with Crippen LogP contribution in [0, 0.1) is 0 Å². The van der Waals surface area contributed by atoms with Gasteiger partial charge in [-0.25, -0.2) is 5.48 Å². The van der Waals surface area contributed by atoms with Gasteiger partial charge in [0, 0.05) is 17.3 Å². The Balaban J connectivity index is 1.67. The fourth-order valence-electron chi connectivity index (χ4n) is 3.40. The summed E-state index contributed by atoms with van der Waals surface area (Å²) in [6.45, 7) is 0. The Labute approximate surface area is 193 Å². The molecule has 1 aliphatic heterocycles. The van der Waals surface area contributed by atoms with Gasteiger partial charge in [-0.2, -0.15) is 0 Å². The van der Waals surface area contributed by atoms with Crippen LogP contribution in [0.15, 0.2) is 53.0 Å². The lowest BCUT2D eigenvalue weighted by atomic mass is 10.1. The third kappa shape index (κ3) is 6.32.